The first kappa shape index (κ1) is 29.8. The largest absolute Gasteiger partial charge is 1.00 e. The molecule has 0 aliphatic rings. The van der Waals surface area contributed by atoms with E-state index in [0.717, 1.165) is 0 Å². The Balaban J connectivity index is -0.0000000215. The molecule has 0 aromatic heterocycles. The summed E-state index contributed by atoms with van der Waals surface area (Å²) in [6, 6.07) is 0. The first-order valence-corrected chi connectivity index (χ1v) is 3.65. The van der Waals surface area contributed by atoms with Gasteiger partial charge in [0.05, 0.1) is 0 Å². The third kappa shape index (κ3) is 65.7. The van der Waals surface area contributed by atoms with E-state index in [2.05, 4.69) is 0 Å². The summed E-state index contributed by atoms with van der Waals surface area (Å²) in [5, 5.41) is 15.8. The van der Waals surface area contributed by atoms with Gasteiger partial charge in [0.2, 0.25) is 0 Å². The Morgan fingerprint density at radius 3 is 1.36 bits per heavy atom. The van der Waals surface area contributed by atoms with E-state index in [-0.39, 0.29) is 87.5 Å². The number of aliphatic carboxylic acids is 1. The minimum atomic E-state index is -4.67. The molecule has 0 spiro atoms. The van der Waals surface area contributed by atoms with E-state index in [9.17, 15) is 4.79 Å². The third-order valence-corrected chi connectivity index (χ3v) is 0.357. The molecule has 0 aliphatic carbocycles. The van der Waals surface area contributed by atoms with Crippen LogP contribution in [0.4, 0.5) is 0 Å². The van der Waals surface area contributed by atoms with E-state index in [1.165, 1.54) is 6.92 Å². The molecule has 0 fully saturated rings. The van der Waals surface area contributed by atoms with Crippen molar-refractivity contribution in [3.63, 3.8) is 0 Å². The second kappa shape index (κ2) is 15.0. The topological polar surface area (TPSA) is 132 Å². The fraction of sp³-hybridized carbons (Fsp3) is 0.667. The summed E-state index contributed by atoms with van der Waals surface area (Å²) in [5.41, 5.74) is 0. The standard InChI is InChI=1S/C3H6O3.2Al.K.H2O4S.7H/c1-2(4)3(5)6;;;;1-5(2,3)4;;;;;;;/h2,4H,1H3,(H,5,6);;;;(H2,1,2,3,4);;;;;;;/q;;;+1;;;;;;;;-1. The molecule has 0 aromatic rings. The second-order valence-corrected chi connectivity index (χ2v) is 2.36. The van der Waals surface area contributed by atoms with Crippen molar-refractivity contribution in [3.8, 4) is 0 Å². The molecule has 82 valence electrons. The zero-order valence-electron chi connectivity index (χ0n) is 7.50. The average Bonchev–Trinajstić information content (AvgIpc) is 1.59. The van der Waals surface area contributed by atoms with Crippen LogP contribution in [0.1, 0.15) is 8.35 Å². The maximum atomic E-state index is 9.45. The van der Waals surface area contributed by atoms with Gasteiger partial charge in [0, 0.05) is 0 Å². The van der Waals surface area contributed by atoms with Crippen LogP contribution in [0.5, 0.6) is 0 Å². The molecule has 0 rings (SSSR count). The predicted molar refractivity (Wildman–Crippen MR) is 54.5 cm³/mol. The molecular formula is C3H15Al2KO7S. The fourth-order valence-corrected chi connectivity index (χ4v) is 0. The Labute approximate surface area is 147 Å². The van der Waals surface area contributed by atoms with Crippen LogP contribution in [-0.2, 0) is 15.2 Å². The van der Waals surface area contributed by atoms with E-state index in [1.54, 1.807) is 0 Å². The summed E-state index contributed by atoms with van der Waals surface area (Å²) in [7, 11) is -4.67. The molecule has 0 heterocycles. The number of hydrogen-bond donors (Lipinski definition) is 4. The van der Waals surface area contributed by atoms with Crippen LogP contribution in [0.3, 0.4) is 0 Å². The van der Waals surface area contributed by atoms with Gasteiger partial charge in [-0.25, -0.2) is 4.79 Å². The van der Waals surface area contributed by atoms with Crippen LogP contribution in [0.25, 0.3) is 0 Å². The van der Waals surface area contributed by atoms with Gasteiger partial charge >= 0.3 is 67.8 Å². The van der Waals surface area contributed by atoms with Crippen LogP contribution >= 0.6 is 0 Å². The van der Waals surface area contributed by atoms with Gasteiger partial charge in [-0.05, 0) is 6.92 Å². The predicted octanol–water partition coefficient (Wildman–Crippen LogP) is -6.45. The first-order valence-electron chi connectivity index (χ1n) is 2.25. The minimum absolute atomic E-state index is 0. The summed E-state index contributed by atoms with van der Waals surface area (Å²) >= 11 is 0. The smallest absolute Gasteiger partial charge is 1.00 e. The summed E-state index contributed by atoms with van der Waals surface area (Å²) in [4.78, 5) is 9.45. The van der Waals surface area contributed by atoms with Crippen LogP contribution in [0.2, 0.25) is 0 Å². The molecule has 14 heavy (non-hydrogen) atoms. The monoisotopic (exact) mass is 288 g/mol. The van der Waals surface area contributed by atoms with Crippen molar-refractivity contribution in [2.75, 3.05) is 0 Å². The molecule has 0 aromatic carbocycles. The molecule has 1 unspecified atom stereocenters. The van der Waals surface area contributed by atoms with Gasteiger partial charge in [0.15, 0.2) is 34.7 Å². The number of hydrogen-bond acceptors (Lipinski definition) is 4. The molecule has 0 saturated carbocycles. The quantitative estimate of drug-likeness (QED) is 0.278. The fourth-order valence-electron chi connectivity index (χ4n) is 0. The van der Waals surface area contributed by atoms with Gasteiger partial charge < -0.3 is 11.6 Å². The number of rotatable bonds is 1. The van der Waals surface area contributed by atoms with Crippen molar-refractivity contribution in [1.82, 2.24) is 0 Å². The second-order valence-electron chi connectivity index (χ2n) is 1.46. The molecule has 0 saturated heterocycles. The number of carboxylic acid groups (broad SMARTS) is 1. The van der Waals surface area contributed by atoms with Crippen LogP contribution in [0.15, 0.2) is 0 Å². The zero-order valence-corrected chi connectivity index (χ0v) is 10.4. The van der Waals surface area contributed by atoms with Gasteiger partial charge in [-0.2, -0.15) is 8.42 Å². The maximum Gasteiger partial charge on any atom is 1.00 e. The molecule has 11 heteroatoms. The van der Waals surface area contributed by atoms with E-state index in [0.29, 0.717) is 0 Å². The maximum absolute atomic E-state index is 9.45. The third-order valence-electron chi connectivity index (χ3n) is 0.357. The van der Waals surface area contributed by atoms with Gasteiger partial charge in [-0.3, -0.25) is 9.11 Å². The molecule has 0 bridgehead atoms. The van der Waals surface area contributed by atoms with Crippen molar-refractivity contribution < 1.29 is 85.3 Å². The van der Waals surface area contributed by atoms with Gasteiger partial charge in [-0.15, -0.1) is 0 Å². The molecule has 0 amide bonds. The first-order chi connectivity index (χ1) is 4.64. The SMILES string of the molecule is CC(O)C(=O)O.O=S(=O)(O)O.[AlH3].[AlH3].[H-].[K+]. The summed E-state index contributed by atoms with van der Waals surface area (Å²) in [5.74, 6) is -1.19. The van der Waals surface area contributed by atoms with Crippen LogP contribution < -0.4 is 51.4 Å². The van der Waals surface area contributed by atoms with Crippen molar-refractivity contribution in [3.05, 3.63) is 0 Å². The summed E-state index contributed by atoms with van der Waals surface area (Å²) in [6.07, 6.45) is -1.23. The van der Waals surface area contributed by atoms with Crippen LogP contribution in [0, 0.1) is 0 Å². The minimum Gasteiger partial charge on any atom is -1.00 e. The number of carbonyl (C=O) groups is 1. The van der Waals surface area contributed by atoms with E-state index < -0.39 is 22.5 Å². The Hall–Kier alpha value is 2.00. The average molecular weight is 288 g/mol. The number of aliphatic hydroxyl groups is 1. The van der Waals surface area contributed by atoms with Gasteiger partial charge in [0.25, 0.3) is 0 Å². The van der Waals surface area contributed by atoms with Gasteiger partial charge in [0.1, 0.15) is 6.10 Å². The van der Waals surface area contributed by atoms with Crippen molar-refractivity contribution in [2.45, 2.75) is 13.0 Å². The molecule has 0 aliphatic heterocycles. The Morgan fingerprint density at radius 1 is 1.29 bits per heavy atom. The van der Waals surface area contributed by atoms with Crippen molar-refractivity contribution in [2.24, 2.45) is 0 Å². The Morgan fingerprint density at radius 2 is 1.36 bits per heavy atom. The summed E-state index contributed by atoms with van der Waals surface area (Å²) < 4.78 is 31.6. The molecular weight excluding hydrogens is 273 g/mol. The zero-order chi connectivity index (χ0) is 9.65. The van der Waals surface area contributed by atoms with Gasteiger partial charge in [-0.1, -0.05) is 0 Å². The Kier molecular flexibility index (Phi) is 31.9. The normalized spacial score (nSPS) is 10.0. The molecule has 1 atom stereocenters. The molecule has 0 radical (unpaired) electrons. The Bertz CT molecular complexity index is 212. The van der Waals surface area contributed by atoms with E-state index >= 15 is 0 Å². The molecule has 4 N–H and O–H groups in total. The van der Waals surface area contributed by atoms with Crippen LogP contribution in [-0.4, -0.2) is 74.5 Å². The van der Waals surface area contributed by atoms with E-state index in [4.69, 9.17) is 27.7 Å². The van der Waals surface area contributed by atoms with Crippen molar-refractivity contribution in [1.29, 1.82) is 0 Å². The molecule has 7 nitrogen and oxygen atoms in total. The number of aliphatic hydroxyl groups excluding tert-OH is 1. The van der Waals surface area contributed by atoms with Crippen molar-refractivity contribution >= 4 is 51.1 Å². The van der Waals surface area contributed by atoms with E-state index in [1.807, 2.05) is 0 Å². The number of carboxylic acids is 1. The summed E-state index contributed by atoms with van der Waals surface area (Å²) in [6.45, 7) is 1.20.